The van der Waals surface area contributed by atoms with E-state index in [4.69, 9.17) is 4.52 Å². The van der Waals surface area contributed by atoms with Gasteiger partial charge in [0.2, 0.25) is 0 Å². The number of likely N-dealkylation sites (tertiary alicyclic amines) is 1. The van der Waals surface area contributed by atoms with Crippen molar-refractivity contribution in [2.24, 2.45) is 0 Å². The molecule has 0 radical (unpaired) electrons. The van der Waals surface area contributed by atoms with Crippen molar-refractivity contribution < 1.29 is 9.32 Å². The first kappa shape index (κ1) is 17.2. The zero-order valence-electron chi connectivity index (χ0n) is 15.1. The third kappa shape index (κ3) is 3.97. The summed E-state index contributed by atoms with van der Waals surface area (Å²) in [7, 11) is 0. The second kappa shape index (κ2) is 7.57. The molecule has 1 saturated heterocycles. The van der Waals surface area contributed by atoms with Crippen LogP contribution in [-0.2, 0) is 0 Å². The summed E-state index contributed by atoms with van der Waals surface area (Å²) in [5.74, 6) is 1.88. The lowest BCUT2D eigenvalue weighted by Gasteiger charge is -2.33. The molecule has 1 fully saturated rings. The fraction of sp³-hybridized carbons (Fsp3) is 0.300. The molecule has 0 aliphatic carbocycles. The van der Waals surface area contributed by atoms with Crippen LogP contribution in [0.3, 0.4) is 0 Å². The van der Waals surface area contributed by atoms with E-state index in [0.29, 0.717) is 18.3 Å². The molecule has 1 aliphatic heterocycles. The summed E-state index contributed by atoms with van der Waals surface area (Å²) in [6.07, 6.45) is 3.66. The van der Waals surface area contributed by atoms with Crippen molar-refractivity contribution in [1.82, 2.24) is 20.0 Å². The van der Waals surface area contributed by atoms with Gasteiger partial charge in [-0.3, -0.25) is 4.79 Å². The minimum Gasteiger partial charge on any atom is -0.366 e. The molecule has 138 valence electrons. The molecule has 27 heavy (non-hydrogen) atoms. The van der Waals surface area contributed by atoms with Gasteiger partial charge < -0.3 is 14.7 Å². The van der Waals surface area contributed by atoms with Crippen LogP contribution in [0, 0.1) is 6.92 Å². The van der Waals surface area contributed by atoms with E-state index in [1.807, 2.05) is 47.4 Å². The minimum atomic E-state index is 0.0742. The van der Waals surface area contributed by atoms with E-state index < -0.39 is 0 Å². The van der Waals surface area contributed by atoms with E-state index in [-0.39, 0.29) is 11.9 Å². The van der Waals surface area contributed by atoms with Crippen LogP contribution in [0.15, 0.2) is 53.2 Å². The van der Waals surface area contributed by atoms with Crippen LogP contribution in [0.25, 0.3) is 11.5 Å². The Kier molecular flexibility index (Phi) is 4.82. The SMILES string of the molecule is Cc1noc(-c2ccnc(NC3CCCN(C(=O)c4ccccc4)C3)c2)n1. The Morgan fingerprint density at radius 3 is 2.89 bits per heavy atom. The van der Waals surface area contributed by atoms with E-state index in [0.717, 1.165) is 36.3 Å². The summed E-state index contributed by atoms with van der Waals surface area (Å²) < 4.78 is 5.22. The molecule has 4 rings (SSSR count). The predicted octanol–water partition coefficient (Wildman–Crippen LogP) is 3.16. The molecule has 3 heterocycles. The Bertz CT molecular complexity index is 925. The zero-order chi connectivity index (χ0) is 18.6. The Morgan fingerprint density at radius 1 is 1.26 bits per heavy atom. The largest absolute Gasteiger partial charge is 0.366 e. The van der Waals surface area contributed by atoms with E-state index in [9.17, 15) is 4.79 Å². The Hall–Kier alpha value is -3.22. The van der Waals surface area contributed by atoms with Crippen molar-refractivity contribution in [2.45, 2.75) is 25.8 Å². The molecular formula is C20H21N5O2. The van der Waals surface area contributed by atoms with Crippen molar-refractivity contribution >= 4 is 11.7 Å². The van der Waals surface area contributed by atoms with Crippen LogP contribution in [0.4, 0.5) is 5.82 Å². The Morgan fingerprint density at radius 2 is 2.11 bits per heavy atom. The number of piperidine rings is 1. The standard InChI is InChI=1S/C20H21N5O2/c1-14-22-19(27-24-14)16-9-10-21-18(12-16)23-17-8-5-11-25(13-17)20(26)15-6-3-2-4-7-15/h2-4,6-7,9-10,12,17H,5,8,11,13H2,1H3,(H,21,23). The number of rotatable bonds is 4. The molecule has 0 bridgehead atoms. The first-order valence-corrected chi connectivity index (χ1v) is 9.06. The number of aromatic nitrogens is 3. The molecule has 3 aromatic rings. The molecule has 0 spiro atoms. The number of hydrogen-bond donors (Lipinski definition) is 1. The average molecular weight is 363 g/mol. The molecule has 1 aliphatic rings. The molecule has 1 amide bonds. The molecule has 0 saturated carbocycles. The summed E-state index contributed by atoms with van der Waals surface area (Å²) in [6, 6.07) is 13.3. The van der Waals surface area contributed by atoms with Gasteiger partial charge in [-0.15, -0.1) is 0 Å². The van der Waals surface area contributed by atoms with Gasteiger partial charge in [0.15, 0.2) is 5.82 Å². The maximum absolute atomic E-state index is 12.7. The number of anilines is 1. The van der Waals surface area contributed by atoms with E-state index in [1.165, 1.54) is 0 Å². The number of pyridine rings is 1. The smallest absolute Gasteiger partial charge is 0.258 e. The lowest BCUT2D eigenvalue weighted by atomic mass is 10.0. The van der Waals surface area contributed by atoms with Gasteiger partial charge in [0, 0.05) is 36.5 Å². The number of amides is 1. The van der Waals surface area contributed by atoms with Crippen LogP contribution in [0.1, 0.15) is 29.0 Å². The summed E-state index contributed by atoms with van der Waals surface area (Å²) >= 11 is 0. The molecule has 1 aromatic carbocycles. The maximum Gasteiger partial charge on any atom is 0.258 e. The highest BCUT2D eigenvalue weighted by atomic mass is 16.5. The van der Waals surface area contributed by atoms with Gasteiger partial charge in [0.1, 0.15) is 5.82 Å². The highest BCUT2D eigenvalue weighted by Crippen LogP contribution is 2.22. The predicted molar refractivity (Wildman–Crippen MR) is 101 cm³/mol. The normalized spacial score (nSPS) is 16.9. The highest BCUT2D eigenvalue weighted by molar-refractivity contribution is 5.94. The fourth-order valence-electron chi connectivity index (χ4n) is 3.31. The molecular weight excluding hydrogens is 342 g/mol. The van der Waals surface area contributed by atoms with Gasteiger partial charge in [-0.1, -0.05) is 23.4 Å². The minimum absolute atomic E-state index is 0.0742. The zero-order valence-corrected chi connectivity index (χ0v) is 15.1. The lowest BCUT2D eigenvalue weighted by molar-refractivity contribution is 0.0714. The van der Waals surface area contributed by atoms with Gasteiger partial charge in [-0.2, -0.15) is 4.98 Å². The molecule has 2 aromatic heterocycles. The number of carbonyl (C=O) groups is 1. The first-order valence-electron chi connectivity index (χ1n) is 9.06. The van der Waals surface area contributed by atoms with Gasteiger partial charge in [0.25, 0.3) is 11.8 Å². The summed E-state index contributed by atoms with van der Waals surface area (Å²) in [5.41, 5.74) is 1.55. The maximum atomic E-state index is 12.7. The molecule has 7 nitrogen and oxygen atoms in total. The third-order valence-electron chi connectivity index (χ3n) is 4.62. The van der Waals surface area contributed by atoms with Crippen LogP contribution in [0.5, 0.6) is 0 Å². The lowest BCUT2D eigenvalue weighted by Crippen LogP contribution is -2.45. The summed E-state index contributed by atoms with van der Waals surface area (Å²) in [4.78, 5) is 23.2. The van der Waals surface area contributed by atoms with Crippen LogP contribution < -0.4 is 5.32 Å². The molecule has 7 heteroatoms. The van der Waals surface area contributed by atoms with E-state index >= 15 is 0 Å². The number of carbonyl (C=O) groups excluding carboxylic acids is 1. The third-order valence-corrected chi connectivity index (χ3v) is 4.62. The fourth-order valence-corrected chi connectivity index (χ4v) is 3.31. The second-order valence-electron chi connectivity index (χ2n) is 6.68. The monoisotopic (exact) mass is 363 g/mol. The molecule has 1 atom stereocenters. The van der Waals surface area contributed by atoms with Gasteiger partial charge in [-0.25, -0.2) is 4.98 Å². The van der Waals surface area contributed by atoms with Gasteiger partial charge in [-0.05, 0) is 44.0 Å². The topological polar surface area (TPSA) is 84.2 Å². The molecule has 1 N–H and O–H groups in total. The van der Waals surface area contributed by atoms with Crippen molar-refractivity contribution in [3.8, 4) is 11.5 Å². The summed E-state index contributed by atoms with van der Waals surface area (Å²) in [6.45, 7) is 3.22. The van der Waals surface area contributed by atoms with Crippen molar-refractivity contribution in [3.63, 3.8) is 0 Å². The average Bonchev–Trinajstić information content (AvgIpc) is 3.15. The van der Waals surface area contributed by atoms with Crippen molar-refractivity contribution in [2.75, 3.05) is 18.4 Å². The van der Waals surface area contributed by atoms with Crippen molar-refractivity contribution in [3.05, 3.63) is 60.0 Å². The Balaban J connectivity index is 1.44. The van der Waals surface area contributed by atoms with Gasteiger partial charge in [0.05, 0.1) is 0 Å². The van der Waals surface area contributed by atoms with Gasteiger partial charge >= 0.3 is 0 Å². The van der Waals surface area contributed by atoms with Crippen LogP contribution in [-0.4, -0.2) is 45.1 Å². The van der Waals surface area contributed by atoms with Crippen LogP contribution in [0.2, 0.25) is 0 Å². The number of hydrogen-bond acceptors (Lipinski definition) is 6. The number of benzene rings is 1. The number of nitrogens with zero attached hydrogens (tertiary/aromatic N) is 4. The van der Waals surface area contributed by atoms with Crippen LogP contribution >= 0.6 is 0 Å². The van der Waals surface area contributed by atoms with E-state index in [2.05, 4.69) is 20.4 Å². The first-order chi connectivity index (χ1) is 13.2. The quantitative estimate of drug-likeness (QED) is 0.766. The van der Waals surface area contributed by atoms with Crippen molar-refractivity contribution in [1.29, 1.82) is 0 Å². The summed E-state index contributed by atoms with van der Waals surface area (Å²) in [5, 5.41) is 7.26. The second-order valence-corrected chi connectivity index (χ2v) is 6.68. The number of aryl methyl sites for hydroxylation is 1. The highest BCUT2D eigenvalue weighted by Gasteiger charge is 2.24. The van der Waals surface area contributed by atoms with E-state index in [1.54, 1.807) is 13.1 Å². The number of nitrogens with one attached hydrogen (secondary N) is 1. The molecule has 1 unspecified atom stereocenters. The Labute approximate surface area is 157 Å².